The average Bonchev–Trinajstić information content (AvgIpc) is 2.83. The number of benzene rings is 2. The highest BCUT2D eigenvalue weighted by molar-refractivity contribution is 6.72. The predicted molar refractivity (Wildman–Crippen MR) is 184 cm³/mol. The largest absolute Gasteiger partial charge is 0.256 e. The number of hydrogen-bond donors (Lipinski definition) is 0. The van der Waals surface area contributed by atoms with Gasteiger partial charge < -0.3 is 0 Å². The molecule has 1 heterocycles. The summed E-state index contributed by atoms with van der Waals surface area (Å²) in [5.74, 6) is 0. The van der Waals surface area contributed by atoms with Crippen LogP contribution >= 0.6 is 0 Å². The molecule has 35 heavy (non-hydrogen) atoms. The molecule has 0 saturated heterocycles. The Morgan fingerprint density at radius 3 is 1.34 bits per heavy atom. The third-order valence-electron chi connectivity index (χ3n) is 12.4. The Kier molecular flexibility index (Phi) is 6.14. The third-order valence-corrected chi connectivity index (χ3v) is 12.4. The van der Waals surface area contributed by atoms with Crippen LogP contribution in [0.25, 0.3) is 22.4 Å². The van der Waals surface area contributed by atoms with E-state index in [1.54, 1.807) is 0 Å². The van der Waals surface area contributed by atoms with Crippen LogP contribution in [-0.4, -0.2) is 91.3 Å². The minimum Gasteiger partial charge on any atom is -0.256 e. The first-order valence-corrected chi connectivity index (χ1v) is 13.2. The molecular weight excluding hydrogens is 409 g/mol. The van der Waals surface area contributed by atoms with Crippen molar-refractivity contribution in [1.82, 2.24) is 4.98 Å². The zero-order valence-electron chi connectivity index (χ0n) is 23.9. The maximum atomic E-state index is 4.75. The number of aromatic nitrogens is 1. The summed E-state index contributed by atoms with van der Waals surface area (Å²) in [6.45, 7) is 0. The van der Waals surface area contributed by atoms with E-state index < -0.39 is 0 Å². The van der Waals surface area contributed by atoms with Gasteiger partial charge in [-0.3, -0.25) is 4.98 Å². The molecule has 0 radical (unpaired) electrons. The molecule has 0 unspecified atom stereocenters. The van der Waals surface area contributed by atoms with Crippen molar-refractivity contribution >= 4 is 86.3 Å². The molecule has 1 nitrogen and oxygen atoms in total. The Morgan fingerprint density at radius 2 is 0.886 bits per heavy atom. The Morgan fingerprint density at radius 1 is 0.429 bits per heavy atom. The molecule has 1 aliphatic rings. The topological polar surface area (TPSA) is 12.9 Å². The second-order valence-corrected chi connectivity index (χ2v) is 13.6. The van der Waals surface area contributed by atoms with Crippen molar-refractivity contribution in [3.8, 4) is 22.4 Å². The highest BCUT2D eigenvalue weighted by Crippen LogP contribution is 2.83. The first-order chi connectivity index (χ1) is 16.0. The van der Waals surface area contributed by atoms with Crippen molar-refractivity contribution in [2.75, 3.05) is 0 Å². The van der Waals surface area contributed by atoms with Crippen molar-refractivity contribution in [2.24, 2.45) is 0 Å². The van der Waals surface area contributed by atoms with E-state index in [1.807, 2.05) is 12.3 Å². The van der Waals surface area contributed by atoms with E-state index in [-0.39, 0.29) is 31.4 Å². The summed E-state index contributed by atoms with van der Waals surface area (Å²) in [5, 5.41) is 0.550. The molecular formula is C23H34B11N. The van der Waals surface area contributed by atoms with Crippen LogP contribution in [0, 0.1) is 0 Å². The summed E-state index contributed by atoms with van der Waals surface area (Å²) in [4.78, 5) is 4.75. The van der Waals surface area contributed by atoms with E-state index in [9.17, 15) is 0 Å². The molecule has 1 aromatic heterocycles. The molecule has 0 aliphatic heterocycles. The van der Waals surface area contributed by atoms with Gasteiger partial charge in [0, 0.05) is 17.3 Å². The molecule has 1 saturated carbocycles. The molecule has 1 aliphatic carbocycles. The standard InChI is InChI=1S/C23H34B11N/c24-18(19(25,26)21(29,30)23(33,34)22(31,32)20(18,27)28)16-9-6-13(7-10-16)15-8-11-17(35-12-15)14-4-2-1-3-5-14/h1-12H,24-34H2. The quantitative estimate of drug-likeness (QED) is 0.371. The predicted octanol–water partition coefficient (Wildman–Crippen LogP) is -4.83. The van der Waals surface area contributed by atoms with Gasteiger partial charge in [0.1, 0.15) is 7.85 Å². The molecule has 0 spiro atoms. The van der Waals surface area contributed by atoms with Gasteiger partial charge in [0.25, 0.3) is 0 Å². The van der Waals surface area contributed by atoms with Crippen molar-refractivity contribution in [3.05, 3.63) is 78.5 Å². The maximum Gasteiger partial charge on any atom is 0.112 e. The van der Waals surface area contributed by atoms with Crippen LogP contribution < -0.4 is 0 Å². The van der Waals surface area contributed by atoms with Crippen molar-refractivity contribution in [2.45, 2.75) is 31.4 Å². The first-order valence-electron chi connectivity index (χ1n) is 13.2. The highest BCUT2D eigenvalue weighted by Gasteiger charge is 2.71. The number of nitrogens with zero attached hydrogens (tertiary/aromatic N) is 1. The lowest BCUT2D eigenvalue weighted by Gasteiger charge is -2.80. The molecule has 0 amide bonds. The summed E-state index contributed by atoms with van der Waals surface area (Å²) in [5.41, 5.74) is 5.97. The Labute approximate surface area is 223 Å². The lowest BCUT2D eigenvalue weighted by atomic mass is 8.96. The minimum atomic E-state index is -0.0174. The van der Waals surface area contributed by atoms with E-state index in [0.717, 1.165) is 16.8 Å². The molecule has 1 fully saturated rings. The smallest absolute Gasteiger partial charge is 0.112 e. The van der Waals surface area contributed by atoms with Crippen molar-refractivity contribution in [1.29, 1.82) is 0 Å². The van der Waals surface area contributed by atoms with E-state index in [1.165, 1.54) is 11.1 Å². The zero-order chi connectivity index (χ0) is 26.1. The normalized spacial score (nSPS) is 22.6. The van der Waals surface area contributed by atoms with Gasteiger partial charge in [-0.25, -0.2) is 0 Å². The molecule has 164 valence electrons. The Bertz CT molecular complexity index is 1190. The summed E-state index contributed by atoms with van der Waals surface area (Å²) < 4.78 is 0. The van der Waals surface area contributed by atoms with Gasteiger partial charge in [0.05, 0.1) is 84.2 Å². The lowest BCUT2D eigenvalue weighted by molar-refractivity contribution is 0.273. The van der Waals surface area contributed by atoms with Gasteiger partial charge in [-0.05, 0) is 11.6 Å². The van der Waals surface area contributed by atoms with E-state index in [0.29, 0.717) is 0 Å². The fourth-order valence-corrected chi connectivity index (χ4v) is 7.44. The monoisotopic (exact) mass is 445 g/mol. The summed E-state index contributed by atoms with van der Waals surface area (Å²) in [6, 6.07) is 24.0. The van der Waals surface area contributed by atoms with Gasteiger partial charge in [-0.15, -0.1) is 15.6 Å². The van der Waals surface area contributed by atoms with Crippen LogP contribution in [0.3, 0.4) is 0 Å². The van der Waals surface area contributed by atoms with Gasteiger partial charge in [0.15, 0.2) is 0 Å². The number of pyridine rings is 1. The average molecular weight is 443 g/mol. The van der Waals surface area contributed by atoms with Gasteiger partial charge >= 0.3 is 0 Å². The van der Waals surface area contributed by atoms with Crippen LogP contribution in [0.4, 0.5) is 0 Å². The van der Waals surface area contributed by atoms with Crippen molar-refractivity contribution < 1.29 is 0 Å². The van der Waals surface area contributed by atoms with Crippen LogP contribution in [0.15, 0.2) is 72.9 Å². The van der Waals surface area contributed by atoms with E-state index >= 15 is 0 Å². The Hall–Kier alpha value is -1.70. The van der Waals surface area contributed by atoms with Gasteiger partial charge in [-0.2, -0.15) is 0 Å². The molecule has 3 aromatic rings. The van der Waals surface area contributed by atoms with Gasteiger partial charge in [0.2, 0.25) is 0 Å². The Balaban J connectivity index is 1.76. The lowest BCUT2D eigenvalue weighted by Crippen LogP contribution is -2.70. The summed E-state index contributed by atoms with van der Waals surface area (Å²) >= 11 is 0. The SMILES string of the molecule is BC1(B)C(B)(B)C(B)(B)C(B)(c2ccc(-c3ccc(-c4ccccc4)nc3)cc2)C(B)(B)C1(B)B. The van der Waals surface area contributed by atoms with Crippen LogP contribution in [0.2, 0.25) is 26.1 Å². The molecule has 0 N–H and O–H groups in total. The first kappa shape index (κ1) is 26.4. The van der Waals surface area contributed by atoms with Crippen LogP contribution in [-0.2, 0) is 5.31 Å². The second kappa shape index (κ2) is 8.16. The van der Waals surface area contributed by atoms with E-state index in [4.69, 9.17) is 4.98 Å². The van der Waals surface area contributed by atoms with E-state index in [2.05, 4.69) is 147 Å². The van der Waals surface area contributed by atoms with Gasteiger partial charge in [-0.1, -0.05) is 82.0 Å². The molecule has 2 aromatic carbocycles. The summed E-state index contributed by atoms with van der Waals surface area (Å²) in [6.07, 6.45) is 2.00. The fourth-order valence-electron chi connectivity index (χ4n) is 7.44. The van der Waals surface area contributed by atoms with Crippen molar-refractivity contribution in [3.63, 3.8) is 0 Å². The highest BCUT2D eigenvalue weighted by atomic mass is 14.7. The fraction of sp³-hybridized carbons (Fsp3) is 0.261. The minimum absolute atomic E-state index is 0.0174. The second-order valence-electron chi connectivity index (χ2n) is 13.6. The molecule has 0 atom stereocenters. The molecule has 4 rings (SSSR count). The van der Waals surface area contributed by atoms with Crippen LogP contribution in [0.5, 0.6) is 0 Å². The maximum absolute atomic E-state index is 4.75. The third kappa shape index (κ3) is 3.34. The van der Waals surface area contributed by atoms with Crippen LogP contribution in [0.1, 0.15) is 5.56 Å². The molecule has 12 heteroatoms. The zero-order valence-corrected chi connectivity index (χ0v) is 23.9. The molecule has 0 bridgehead atoms. The number of rotatable bonds is 3. The number of hydrogen-bond acceptors (Lipinski definition) is 1. The summed E-state index contributed by atoms with van der Waals surface area (Å²) in [7, 11) is 27.5.